The average Bonchev–Trinajstić information content (AvgIpc) is 3.36. The van der Waals surface area contributed by atoms with Crippen molar-refractivity contribution in [1.82, 2.24) is 9.78 Å². The maximum Gasteiger partial charge on any atom is 0.249 e. The fourth-order valence-corrected chi connectivity index (χ4v) is 5.69. The van der Waals surface area contributed by atoms with E-state index < -0.39 is 0 Å². The molecule has 35 heavy (non-hydrogen) atoms. The van der Waals surface area contributed by atoms with E-state index in [1.165, 1.54) is 28.7 Å². The van der Waals surface area contributed by atoms with Gasteiger partial charge in [0, 0.05) is 33.3 Å². The van der Waals surface area contributed by atoms with Crippen LogP contribution in [0.15, 0.2) is 66.9 Å². The second-order valence-corrected chi connectivity index (χ2v) is 9.96. The largest absolute Gasteiger partial charge is 0.313 e. The van der Waals surface area contributed by atoms with Crippen molar-refractivity contribution in [2.24, 2.45) is 0 Å². The highest BCUT2D eigenvalue weighted by Crippen LogP contribution is 2.37. The van der Waals surface area contributed by atoms with Crippen LogP contribution in [0.25, 0.3) is 23.0 Å². The molecular weight excluding hydrogens is 476 g/mol. The lowest BCUT2D eigenvalue weighted by atomic mass is 10.1. The Morgan fingerprint density at radius 2 is 1.86 bits per heavy atom. The van der Waals surface area contributed by atoms with Gasteiger partial charge in [0.15, 0.2) is 0 Å². The standard InChI is InChI=1S/C28H23ClN4OS/c29-21-14-11-19(12-15-21)27-20(18-33(32-27)22-7-3-1-4-8-22)13-16-26(34)31-28-24(17-30)23-9-5-2-6-10-25(23)35-28/h1,3-4,7-8,11-16,18H,2,5-6,9-10H2,(H,31,34). The lowest BCUT2D eigenvalue weighted by Crippen LogP contribution is -2.07. The summed E-state index contributed by atoms with van der Waals surface area (Å²) >= 11 is 7.61. The van der Waals surface area contributed by atoms with E-state index in [-0.39, 0.29) is 5.91 Å². The monoisotopic (exact) mass is 498 g/mol. The number of nitrogens with zero attached hydrogens (tertiary/aromatic N) is 3. The van der Waals surface area contributed by atoms with Crippen LogP contribution in [-0.4, -0.2) is 15.7 Å². The van der Waals surface area contributed by atoms with Crippen molar-refractivity contribution in [2.75, 3.05) is 5.32 Å². The number of nitriles is 1. The lowest BCUT2D eigenvalue weighted by Gasteiger charge is -2.01. The molecule has 1 aliphatic rings. The number of halogens is 1. The molecule has 174 valence electrons. The maximum absolute atomic E-state index is 12.9. The fourth-order valence-electron chi connectivity index (χ4n) is 4.32. The number of amides is 1. The molecule has 1 amide bonds. The van der Waals surface area contributed by atoms with Gasteiger partial charge < -0.3 is 5.32 Å². The molecule has 1 aliphatic carbocycles. The van der Waals surface area contributed by atoms with Crippen molar-refractivity contribution in [2.45, 2.75) is 32.1 Å². The SMILES string of the molecule is N#Cc1c(NC(=O)C=Cc2cn(-c3ccccc3)nc2-c2ccc(Cl)cc2)sc2c1CCCCC2. The average molecular weight is 499 g/mol. The predicted molar refractivity (Wildman–Crippen MR) is 142 cm³/mol. The first-order chi connectivity index (χ1) is 17.1. The van der Waals surface area contributed by atoms with Gasteiger partial charge in [0.1, 0.15) is 11.1 Å². The lowest BCUT2D eigenvalue weighted by molar-refractivity contribution is -0.111. The van der Waals surface area contributed by atoms with Crippen molar-refractivity contribution < 1.29 is 4.79 Å². The summed E-state index contributed by atoms with van der Waals surface area (Å²) < 4.78 is 1.80. The molecule has 0 aliphatic heterocycles. The summed E-state index contributed by atoms with van der Waals surface area (Å²) in [6.07, 6.45) is 10.4. The van der Waals surface area contributed by atoms with Gasteiger partial charge in [-0.1, -0.05) is 48.4 Å². The van der Waals surface area contributed by atoms with E-state index in [2.05, 4.69) is 11.4 Å². The predicted octanol–water partition coefficient (Wildman–Crippen LogP) is 7.05. The van der Waals surface area contributed by atoms with Crippen LogP contribution in [0, 0.1) is 11.3 Å². The molecule has 2 heterocycles. The molecule has 0 fully saturated rings. The quantitative estimate of drug-likeness (QED) is 0.237. The van der Waals surface area contributed by atoms with Crippen molar-refractivity contribution in [3.63, 3.8) is 0 Å². The van der Waals surface area contributed by atoms with Gasteiger partial charge in [0.05, 0.1) is 16.9 Å². The number of hydrogen-bond donors (Lipinski definition) is 1. The molecule has 7 heteroatoms. The van der Waals surface area contributed by atoms with Crippen LogP contribution in [0.5, 0.6) is 0 Å². The van der Waals surface area contributed by atoms with Crippen LogP contribution in [0.4, 0.5) is 5.00 Å². The first-order valence-electron chi connectivity index (χ1n) is 11.6. The zero-order valence-corrected chi connectivity index (χ0v) is 20.6. The van der Waals surface area contributed by atoms with Crippen LogP contribution >= 0.6 is 22.9 Å². The van der Waals surface area contributed by atoms with Gasteiger partial charge in [-0.05, 0) is 61.6 Å². The van der Waals surface area contributed by atoms with E-state index in [9.17, 15) is 10.1 Å². The molecule has 2 aromatic carbocycles. The van der Waals surface area contributed by atoms with Gasteiger partial charge in [-0.25, -0.2) is 4.68 Å². The summed E-state index contributed by atoms with van der Waals surface area (Å²) in [6, 6.07) is 19.6. The van der Waals surface area contributed by atoms with E-state index in [0.717, 1.165) is 53.8 Å². The molecule has 5 nitrogen and oxygen atoms in total. The van der Waals surface area contributed by atoms with Crippen molar-refractivity contribution >= 4 is 39.9 Å². The first kappa shape index (κ1) is 23.1. The fraction of sp³-hybridized carbons (Fsp3) is 0.179. The third kappa shape index (κ3) is 5.07. The summed E-state index contributed by atoms with van der Waals surface area (Å²) in [7, 11) is 0. The van der Waals surface area contributed by atoms with Gasteiger partial charge in [-0.2, -0.15) is 10.4 Å². The number of carbonyl (C=O) groups is 1. The summed E-state index contributed by atoms with van der Waals surface area (Å²) in [5, 5.41) is 18.7. The van der Waals surface area contributed by atoms with Crippen molar-refractivity contribution in [3.8, 4) is 23.0 Å². The molecule has 4 aromatic rings. The summed E-state index contributed by atoms with van der Waals surface area (Å²) in [5.74, 6) is -0.271. The van der Waals surface area contributed by atoms with Crippen molar-refractivity contribution in [1.29, 1.82) is 5.26 Å². The molecule has 0 atom stereocenters. The molecular formula is C28H23ClN4OS. The summed E-state index contributed by atoms with van der Waals surface area (Å²) in [5.41, 5.74) is 5.10. The molecule has 1 N–H and O–H groups in total. The van der Waals surface area contributed by atoms with Gasteiger partial charge in [0.2, 0.25) is 5.91 Å². The van der Waals surface area contributed by atoms with E-state index in [1.807, 2.05) is 60.8 Å². The summed E-state index contributed by atoms with van der Waals surface area (Å²) in [6.45, 7) is 0. The minimum Gasteiger partial charge on any atom is -0.313 e. The molecule has 0 unspecified atom stereocenters. The summed E-state index contributed by atoms with van der Waals surface area (Å²) in [4.78, 5) is 14.1. The highest BCUT2D eigenvalue weighted by molar-refractivity contribution is 7.16. The second kappa shape index (κ2) is 10.3. The first-order valence-corrected chi connectivity index (χ1v) is 12.8. The van der Waals surface area contributed by atoms with Crippen LogP contribution in [-0.2, 0) is 17.6 Å². The zero-order valence-electron chi connectivity index (χ0n) is 19.0. The molecule has 0 radical (unpaired) electrons. The molecule has 2 aromatic heterocycles. The Morgan fingerprint density at radius 3 is 2.63 bits per heavy atom. The Bertz CT molecular complexity index is 1430. The van der Waals surface area contributed by atoms with Crippen LogP contribution < -0.4 is 5.32 Å². The number of para-hydroxylation sites is 1. The van der Waals surface area contributed by atoms with Gasteiger partial charge in [-0.15, -0.1) is 11.3 Å². The topological polar surface area (TPSA) is 70.7 Å². The van der Waals surface area contributed by atoms with Gasteiger partial charge in [0.25, 0.3) is 0 Å². The van der Waals surface area contributed by atoms with Crippen LogP contribution in [0.2, 0.25) is 5.02 Å². The third-order valence-corrected chi connectivity index (χ3v) is 7.52. The highest BCUT2D eigenvalue weighted by Gasteiger charge is 2.20. The van der Waals surface area contributed by atoms with Crippen molar-refractivity contribution in [3.05, 3.63) is 93.5 Å². The van der Waals surface area contributed by atoms with E-state index in [0.29, 0.717) is 15.6 Å². The second-order valence-electron chi connectivity index (χ2n) is 8.42. The molecule has 0 spiro atoms. The Balaban J connectivity index is 1.43. The Morgan fingerprint density at radius 1 is 1.09 bits per heavy atom. The highest BCUT2D eigenvalue weighted by atomic mass is 35.5. The van der Waals surface area contributed by atoms with Crippen LogP contribution in [0.1, 0.15) is 40.8 Å². The number of aromatic nitrogens is 2. The normalized spacial score (nSPS) is 13.3. The number of rotatable bonds is 5. The molecule has 0 bridgehead atoms. The van der Waals surface area contributed by atoms with Gasteiger partial charge >= 0.3 is 0 Å². The number of benzene rings is 2. The Labute approximate surface area is 213 Å². The van der Waals surface area contributed by atoms with E-state index in [4.69, 9.17) is 16.7 Å². The number of aryl methyl sites for hydroxylation is 1. The maximum atomic E-state index is 12.9. The number of hydrogen-bond acceptors (Lipinski definition) is 4. The number of nitrogens with one attached hydrogen (secondary N) is 1. The number of fused-ring (bicyclic) bond motifs is 1. The molecule has 5 rings (SSSR count). The molecule has 0 saturated heterocycles. The third-order valence-electron chi connectivity index (χ3n) is 6.07. The van der Waals surface area contributed by atoms with Crippen LogP contribution in [0.3, 0.4) is 0 Å². The zero-order chi connectivity index (χ0) is 24.2. The molecule has 0 saturated carbocycles. The minimum atomic E-state index is -0.271. The smallest absolute Gasteiger partial charge is 0.249 e. The Hall–Kier alpha value is -3.66. The van der Waals surface area contributed by atoms with E-state index in [1.54, 1.807) is 10.8 Å². The number of carbonyl (C=O) groups excluding carboxylic acids is 1. The van der Waals surface area contributed by atoms with Gasteiger partial charge in [-0.3, -0.25) is 4.79 Å². The number of anilines is 1. The van der Waals surface area contributed by atoms with E-state index >= 15 is 0 Å². The number of thiophene rings is 1. The Kier molecular flexibility index (Phi) is 6.80. The minimum absolute atomic E-state index is 0.271.